The predicted octanol–water partition coefficient (Wildman–Crippen LogP) is 1.34. The van der Waals surface area contributed by atoms with Gasteiger partial charge in [0.25, 0.3) is 0 Å². The van der Waals surface area contributed by atoms with Crippen molar-refractivity contribution in [3.05, 3.63) is 14.7 Å². The van der Waals surface area contributed by atoms with Crippen molar-refractivity contribution < 1.29 is 8.42 Å². The number of thiophene rings is 1. The van der Waals surface area contributed by atoms with Crippen LogP contribution in [-0.2, 0) is 16.6 Å². The van der Waals surface area contributed by atoms with Crippen LogP contribution in [0.1, 0.15) is 17.7 Å². The molecule has 1 aliphatic rings. The van der Waals surface area contributed by atoms with Crippen molar-refractivity contribution in [2.24, 2.45) is 5.73 Å². The molecule has 1 fully saturated rings. The third-order valence-corrected chi connectivity index (χ3v) is 7.03. The van der Waals surface area contributed by atoms with Crippen LogP contribution in [0.4, 0.5) is 0 Å². The van der Waals surface area contributed by atoms with Gasteiger partial charge >= 0.3 is 0 Å². The van der Waals surface area contributed by atoms with Crippen molar-refractivity contribution in [1.82, 2.24) is 9.62 Å². The molecule has 0 aliphatic carbocycles. The molecule has 1 aromatic heterocycles. The van der Waals surface area contributed by atoms with Crippen LogP contribution in [0.2, 0.25) is 0 Å². The summed E-state index contributed by atoms with van der Waals surface area (Å²) in [5.74, 6) is 0. The molecule has 2 rings (SSSR count). The summed E-state index contributed by atoms with van der Waals surface area (Å²) in [4.78, 5) is 3.37. The number of likely N-dealkylation sites (tertiary alicyclic amines) is 1. The second-order valence-electron chi connectivity index (χ2n) is 4.75. The molecule has 0 atom stereocenters. The van der Waals surface area contributed by atoms with E-state index in [2.05, 4.69) is 25.6 Å². The van der Waals surface area contributed by atoms with Gasteiger partial charge in [-0.3, -0.25) is 0 Å². The van der Waals surface area contributed by atoms with Gasteiger partial charge in [-0.25, -0.2) is 13.1 Å². The van der Waals surface area contributed by atoms with Gasteiger partial charge in [-0.15, -0.1) is 11.3 Å². The summed E-state index contributed by atoms with van der Waals surface area (Å²) < 4.78 is 28.1. The number of rotatable bonds is 4. The third kappa shape index (κ3) is 3.77. The minimum atomic E-state index is -3.46. The monoisotopic (exact) mass is 367 g/mol. The maximum Gasteiger partial charge on any atom is 0.242 e. The van der Waals surface area contributed by atoms with Gasteiger partial charge in [0.1, 0.15) is 4.90 Å². The molecule has 0 radical (unpaired) electrons. The molecule has 0 unspecified atom stereocenters. The summed E-state index contributed by atoms with van der Waals surface area (Å²) in [6, 6.07) is 1.67. The van der Waals surface area contributed by atoms with Crippen LogP contribution in [0.3, 0.4) is 0 Å². The SMILES string of the molecule is CN1CCC(NS(=O)(=O)c2cc(CN)sc2Br)CC1. The molecule has 2 heterocycles. The second-order valence-corrected chi connectivity index (χ2v) is 8.89. The number of nitrogens with zero attached hydrogens (tertiary/aromatic N) is 1. The highest BCUT2D eigenvalue weighted by molar-refractivity contribution is 9.11. The fraction of sp³-hybridized carbons (Fsp3) is 0.636. The molecule has 0 saturated carbocycles. The topological polar surface area (TPSA) is 75.4 Å². The Balaban J connectivity index is 2.11. The zero-order valence-electron chi connectivity index (χ0n) is 10.7. The van der Waals surface area contributed by atoms with E-state index in [-0.39, 0.29) is 6.04 Å². The van der Waals surface area contributed by atoms with Crippen molar-refractivity contribution in [2.45, 2.75) is 30.3 Å². The largest absolute Gasteiger partial charge is 0.326 e. The lowest BCUT2D eigenvalue weighted by molar-refractivity contribution is 0.248. The minimum absolute atomic E-state index is 0.0225. The van der Waals surface area contributed by atoms with Crippen LogP contribution >= 0.6 is 27.3 Å². The summed E-state index contributed by atoms with van der Waals surface area (Å²) >= 11 is 4.67. The minimum Gasteiger partial charge on any atom is -0.326 e. The lowest BCUT2D eigenvalue weighted by atomic mass is 10.1. The summed E-state index contributed by atoms with van der Waals surface area (Å²) in [5.41, 5.74) is 5.54. The van der Waals surface area contributed by atoms with Gasteiger partial charge < -0.3 is 10.6 Å². The van der Waals surface area contributed by atoms with Gasteiger partial charge in [-0.05, 0) is 55.0 Å². The molecule has 0 bridgehead atoms. The summed E-state index contributed by atoms with van der Waals surface area (Å²) in [7, 11) is -1.41. The molecule has 0 amide bonds. The van der Waals surface area contributed by atoms with Crippen LogP contribution in [-0.4, -0.2) is 39.5 Å². The molecule has 108 valence electrons. The van der Waals surface area contributed by atoms with E-state index in [1.54, 1.807) is 6.07 Å². The van der Waals surface area contributed by atoms with Crippen molar-refractivity contribution in [3.8, 4) is 0 Å². The van der Waals surface area contributed by atoms with E-state index in [0.29, 0.717) is 15.2 Å². The standard InChI is InChI=1S/C11H18BrN3O2S2/c1-15-4-2-8(3-5-15)14-19(16,17)10-6-9(7-13)18-11(10)12/h6,8,14H,2-5,7,13H2,1H3. The number of piperidine rings is 1. The highest BCUT2D eigenvalue weighted by Crippen LogP contribution is 2.31. The number of nitrogens with two attached hydrogens (primary N) is 1. The molecule has 0 spiro atoms. The third-order valence-electron chi connectivity index (χ3n) is 3.24. The molecule has 0 aromatic carbocycles. The van der Waals surface area contributed by atoms with Crippen LogP contribution in [0.15, 0.2) is 14.7 Å². The predicted molar refractivity (Wildman–Crippen MR) is 80.8 cm³/mol. The maximum absolute atomic E-state index is 12.3. The Morgan fingerprint density at radius 3 is 2.68 bits per heavy atom. The van der Waals surface area contributed by atoms with E-state index < -0.39 is 10.0 Å². The lowest BCUT2D eigenvalue weighted by Gasteiger charge is -2.29. The number of hydrogen-bond donors (Lipinski definition) is 2. The first kappa shape index (κ1) is 15.4. The van der Waals surface area contributed by atoms with Crippen molar-refractivity contribution in [1.29, 1.82) is 0 Å². The normalized spacial score (nSPS) is 18.9. The van der Waals surface area contributed by atoms with E-state index in [4.69, 9.17) is 5.73 Å². The zero-order chi connectivity index (χ0) is 14.0. The van der Waals surface area contributed by atoms with Crippen LogP contribution < -0.4 is 10.5 Å². The van der Waals surface area contributed by atoms with Gasteiger partial charge in [-0.1, -0.05) is 0 Å². The first-order valence-electron chi connectivity index (χ1n) is 6.11. The smallest absolute Gasteiger partial charge is 0.242 e. The average Bonchev–Trinajstić information content (AvgIpc) is 2.74. The average molecular weight is 368 g/mol. The molecular formula is C11H18BrN3O2S2. The Kier molecular flexibility index (Phi) is 5.02. The Labute approximate surface area is 126 Å². The van der Waals surface area contributed by atoms with Gasteiger partial charge in [-0.2, -0.15) is 0 Å². The molecule has 1 aliphatic heterocycles. The lowest BCUT2D eigenvalue weighted by Crippen LogP contribution is -2.43. The fourth-order valence-corrected chi connectivity index (χ4v) is 5.96. The number of sulfonamides is 1. The first-order valence-corrected chi connectivity index (χ1v) is 9.21. The summed E-state index contributed by atoms with van der Waals surface area (Å²) in [6.07, 6.45) is 1.70. The summed E-state index contributed by atoms with van der Waals surface area (Å²) in [6.45, 7) is 2.20. The molecular weight excluding hydrogens is 350 g/mol. The number of halogens is 1. The van der Waals surface area contributed by atoms with Crippen molar-refractivity contribution in [3.63, 3.8) is 0 Å². The molecule has 8 heteroatoms. The highest BCUT2D eigenvalue weighted by Gasteiger charge is 2.26. The van der Waals surface area contributed by atoms with Crippen molar-refractivity contribution in [2.75, 3.05) is 20.1 Å². The van der Waals surface area contributed by atoms with E-state index in [1.807, 2.05) is 7.05 Å². The Morgan fingerprint density at radius 1 is 1.53 bits per heavy atom. The molecule has 19 heavy (non-hydrogen) atoms. The summed E-state index contributed by atoms with van der Waals surface area (Å²) in [5, 5.41) is 0. The quantitative estimate of drug-likeness (QED) is 0.841. The number of nitrogens with one attached hydrogen (secondary N) is 1. The first-order chi connectivity index (χ1) is 8.92. The number of hydrogen-bond acceptors (Lipinski definition) is 5. The van der Waals surface area contributed by atoms with E-state index in [0.717, 1.165) is 30.8 Å². The van der Waals surface area contributed by atoms with E-state index in [9.17, 15) is 8.42 Å². The highest BCUT2D eigenvalue weighted by atomic mass is 79.9. The van der Waals surface area contributed by atoms with Gasteiger partial charge in [0, 0.05) is 17.5 Å². The van der Waals surface area contributed by atoms with Crippen LogP contribution in [0.5, 0.6) is 0 Å². The van der Waals surface area contributed by atoms with Crippen LogP contribution in [0, 0.1) is 0 Å². The molecule has 3 N–H and O–H groups in total. The van der Waals surface area contributed by atoms with Gasteiger partial charge in [0.2, 0.25) is 10.0 Å². The zero-order valence-corrected chi connectivity index (χ0v) is 13.9. The Bertz CT molecular complexity index is 536. The molecule has 1 aromatic rings. The van der Waals surface area contributed by atoms with Crippen LogP contribution in [0.25, 0.3) is 0 Å². The van der Waals surface area contributed by atoms with Crippen molar-refractivity contribution >= 4 is 37.3 Å². The Morgan fingerprint density at radius 2 is 2.16 bits per heavy atom. The Hall–Kier alpha value is 0.01000. The second kappa shape index (κ2) is 6.19. The van der Waals surface area contributed by atoms with E-state index in [1.165, 1.54) is 11.3 Å². The van der Waals surface area contributed by atoms with E-state index >= 15 is 0 Å². The molecule has 1 saturated heterocycles. The van der Waals surface area contributed by atoms with Gasteiger partial charge in [0.05, 0.1) is 3.79 Å². The maximum atomic E-state index is 12.3. The molecule has 5 nitrogen and oxygen atoms in total. The fourth-order valence-electron chi connectivity index (χ4n) is 2.09. The van der Waals surface area contributed by atoms with Gasteiger partial charge in [0.15, 0.2) is 0 Å².